The lowest BCUT2D eigenvalue weighted by molar-refractivity contribution is 0.206. The van der Waals surface area contributed by atoms with Crippen LogP contribution in [0, 0.1) is 6.92 Å². The van der Waals surface area contributed by atoms with Gasteiger partial charge in [-0.05, 0) is 36.8 Å². The monoisotopic (exact) mass is 408 g/mol. The predicted molar refractivity (Wildman–Crippen MR) is 114 cm³/mol. The second-order valence-corrected chi connectivity index (χ2v) is 6.50. The first kappa shape index (κ1) is 20.9. The lowest BCUT2D eigenvalue weighted by atomic mass is 10.2. The Morgan fingerprint density at radius 2 is 1.97 bits per heavy atom. The van der Waals surface area contributed by atoms with Crippen molar-refractivity contribution in [1.82, 2.24) is 15.0 Å². The van der Waals surface area contributed by atoms with Gasteiger partial charge in [-0.25, -0.2) is 4.79 Å². The number of hydrogen-bond donors (Lipinski definition) is 1. The molecular formula is C22H24N4O4. The molecular weight excluding hydrogens is 384 g/mol. The molecule has 2 amide bonds. The van der Waals surface area contributed by atoms with Crippen molar-refractivity contribution >= 4 is 11.7 Å². The number of aromatic nitrogens is 2. The molecule has 0 spiro atoms. The minimum atomic E-state index is -0.282. The van der Waals surface area contributed by atoms with Gasteiger partial charge >= 0.3 is 6.03 Å². The van der Waals surface area contributed by atoms with E-state index in [1.54, 1.807) is 32.4 Å². The quantitative estimate of drug-likeness (QED) is 0.560. The zero-order valence-electron chi connectivity index (χ0n) is 17.2. The van der Waals surface area contributed by atoms with Gasteiger partial charge in [0.05, 0.1) is 14.2 Å². The van der Waals surface area contributed by atoms with Crippen molar-refractivity contribution in [1.29, 1.82) is 0 Å². The molecule has 3 aromatic rings. The summed E-state index contributed by atoms with van der Waals surface area (Å²) in [7, 11) is 3.13. The molecule has 1 N–H and O–H groups in total. The number of urea groups is 1. The third-order valence-corrected chi connectivity index (χ3v) is 4.46. The molecule has 0 fully saturated rings. The molecule has 8 heteroatoms. The van der Waals surface area contributed by atoms with Crippen molar-refractivity contribution in [2.45, 2.75) is 13.5 Å². The molecule has 8 nitrogen and oxygen atoms in total. The molecule has 0 atom stereocenters. The second-order valence-electron chi connectivity index (χ2n) is 6.50. The number of nitrogens with one attached hydrogen (secondary N) is 1. The van der Waals surface area contributed by atoms with Gasteiger partial charge in [-0.3, -0.25) is 0 Å². The summed E-state index contributed by atoms with van der Waals surface area (Å²) < 4.78 is 15.9. The summed E-state index contributed by atoms with van der Waals surface area (Å²) in [4.78, 5) is 18.7. The van der Waals surface area contributed by atoms with Gasteiger partial charge in [-0.1, -0.05) is 29.4 Å². The highest BCUT2D eigenvalue weighted by atomic mass is 16.5. The van der Waals surface area contributed by atoms with Gasteiger partial charge in [0, 0.05) is 17.8 Å². The number of para-hydroxylation sites is 1. The largest absolute Gasteiger partial charge is 0.493 e. The van der Waals surface area contributed by atoms with Gasteiger partial charge in [0.25, 0.3) is 0 Å². The Bertz CT molecular complexity index is 1030. The molecule has 156 valence electrons. The van der Waals surface area contributed by atoms with E-state index in [1.165, 1.54) is 4.90 Å². The van der Waals surface area contributed by atoms with Crippen LogP contribution in [-0.2, 0) is 6.54 Å². The Hall–Kier alpha value is -3.81. The fourth-order valence-corrected chi connectivity index (χ4v) is 2.86. The van der Waals surface area contributed by atoms with E-state index in [2.05, 4.69) is 22.0 Å². The van der Waals surface area contributed by atoms with Crippen LogP contribution < -0.4 is 14.8 Å². The van der Waals surface area contributed by atoms with Crippen molar-refractivity contribution in [3.8, 4) is 22.9 Å². The molecule has 2 aromatic carbocycles. The highest BCUT2D eigenvalue weighted by molar-refractivity contribution is 5.90. The summed E-state index contributed by atoms with van der Waals surface area (Å²) >= 11 is 0. The van der Waals surface area contributed by atoms with Crippen LogP contribution in [0.4, 0.5) is 10.5 Å². The summed E-state index contributed by atoms with van der Waals surface area (Å²) in [6.07, 6.45) is 1.64. The van der Waals surface area contributed by atoms with E-state index < -0.39 is 0 Å². The maximum absolute atomic E-state index is 12.7. The van der Waals surface area contributed by atoms with E-state index in [9.17, 15) is 4.79 Å². The number of carbonyl (C=O) groups excluding carboxylic acids is 1. The van der Waals surface area contributed by atoms with E-state index in [0.717, 1.165) is 11.3 Å². The van der Waals surface area contributed by atoms with Crippen molar-refractivity contribution < 1.29 is 18.8 Å². The van der Waals surface area contributed by atoms with Crippen molar-refractivity contribution in [2.24, 2.45) is 0 Å². The van der Waals surface area contributed by atoms with E-state index in [4.69, 9.17) is 14.0 Å². The molecule has 0 aliphatic heterocycles. The number of aryl methyl sites for hydroxylation is 1. The first-order chi connectivity index (χ1) is 14.5. The first-order valence-corrected chi connectivity index (χ1v) is 9.33. The molecule has 3 rings (SSSR count). The van der Waals surface area contributed by atoms with Crippen LogP contribution in [0.1, 0.15) is 11.5 Å². The fraction of sp³-hybridized carbons (Fsp3) is 0.227. The van der Waals surface area contributed by atoms with Gasteiger partial charge in [0.1, 0.15) is 6.54 Å². The number of nitrogens with zero attached hydrogens (tertiary/aromatic N) is 3. The zero-order chi connectivity index (χ0) is 21.5. The number of hydrogen-bond acceptors (Lipinski definition) is 6. The van der Waals surface area contributed by atoms with Gasteiger partial charge in [0.15, 0.2) is 11.5 Å². The van der Waals surface area contributed by atoms with Crippen molar-refractivity contribution in [2.75, 3.05) is 26.1 Å². The minimum absolute atomic E-state index is 0.143. The predicted octanol–water partition coefficient (Wildman–Crippen LogP) is 4.28. The Morgan fingerprint density at radius 3 is 2.67 bits per heavy atom. The maximum atomic E-state index is 12.7. The standard InChI is InChI=1S/C22H24N4O4/c1-5-12-26(22(27)23-17-9-7-6-8-15(17)2)14-20-24-21(25-30-20)16-10-11-18(28-3)19(13-16)29-4/h5-11,13H,1,12,14H2,2-4H3,(H,23,27). The van der Waals surface area contributed by atoms with E-state index >= 15 is 0 Å². The first-order valence-electron chi connectivity index (χ1n) is 9.33. The van der Waals surface area contributed by atoms with Crippen LogP contribution in [0.15, 0.2) is 59.6 Å². The number of benzene rings is 2. The third-order valence-electron chi connectivity index (χ3n) is 4.46. The summed E-state index contributed by atoms with van der Waals surface area (Å²) in [5.74, 6) is 1.87. The molecule has 0 aliphatic rings. The Morgan fingerprint density at radius 1 is 1.20 bits per heavy atom. The van der Waals surface area contributed by atoms with Crippen molar-refractivity contribution in [3.63, 3.8) is 0 Å². The summed E-state index contributed by atoms with van der Waals surface area (Å²) in [6, 6.07) is 12.6. The smallest absolute Gasteiger partial charge is 0.322 e. The highest BCUT2D eigenvalue weighted by Gasteiger charge is 2.18. The molecule has 0 unspecified atom stereocenters. The SMILES string of the molecule is C=CCN(Cc1nc(-c2ccc(OC)c(OC)c2)no1)C(=O)Nc1ccccc1C. The number of anilines is 1. The number of carbonyl (C=O) groups is 1. The molecule has 0 saturated carbocycles. The summed E-state index contributed by atoms with van der Waals surface area (Å²) in [6.45, 7) is 6.12. The molecule has 0 bridgehead atoms. The Kier molecular flexibility index (Phi) is 6.69. The number of rotatable bonds is 8. The average Bonchev–Trinajstić information content (AvgIpc) is 3.23. The lowest BCUT2D eigenvalue weighted by Crippen LogP contribution is -2.34. The molecule has 0 saturated heterocycles. The van der Waals surface area contributed by atoms with Gasteiger partial charge in [0.2, 0.25) is 11.7 Å². The zero-order valence-corrected chi connectivity index (χ0v) is 17.2. The maximum Gasteiger partial charge on any atom is 0.322 e. The van der Waals surface area contributed by atoms with Crippen LogP contribution >= 0.6 is 0 Å². The van der Waals surface area contributed by atoms with E-state index in [-0.39, 0.29) is 12.6 Å². The number of methoxy groups -OCH3 is 2. The molecule has 0 radical (unpaired) electrons. The van der Waals surface area contributed by atoms with Crippen LogP contribution in [-0.4, -0.2) is 41.8 Å². The molecule has 1 heterocycles. The van der Waals surface area contributed by atoms with Gasteiger partial charge in [-0.2, -0.15) is 4.98 Å². The van der Waals surface area contributed by atoms with Crippen LogP contribution in [0.3, 0.4) is 0 Å². The fourth-order valence-electron chi connectivity index (χ4n) is 2.86. The highest BCUT2D eigenvalue weighted by Crippen LogP contribution is 2.31. The van der Waals surface area contributed by atoms with E-state index in [0.29, 0.717) is 35.3 Å². The van der Waals surface area contributed by atoms with Crippen LogP contribution in [0.25, 0.3) is 11.4 Å². The summed E-state index contributed by atoms with van der Waals surface area (Å²) in [5, 5.41) is 6.92. The van der Waals surface area contributed by atoms with Gasteiger partial charge < -0.3 is 24.2 Å². The topological polar surface area (TPSA) is 89.7 Å². The second kappa shape index (κ2) is 9.60. The normalized spacial score (nSPS) is 10.4. The van der Waals surface area contributed by atoms with Crippen LogP contribution in [0.5, 0.6) is 11.5 Å². The molecule has 0 aliphatic carbocycles. The number of amides is 2. The number of ether oxygens (including phenoxy) is 2. The summed E-state index contributed by atoms with van der Waals surface area (Å²) in [5.41, 5.74) is 2.42. The van der Waals surface area contributed by atoms with Gasteiger partial charge in [-0.15, -0.1) is 6.58 Å². The third kappa shape index (κ3) is 4.78. The van der Waals surface area contributed by atoms with E-state index in [1.807, 2.05) is 37.3 Å². The lowest BCUT2D eigenvalue weighted by Gasteiger charge is -2.20. The minimum Gasteiger partial charge on any atom is -0.493 e. The Labute approximate surface area is 175 Å². The Balaban J connectivity index is 1.75. The van der Waals surface area contributed by atoms with Crippen molar-refractivity contribution in [3.05, 3.63) is 66.6 Å². The average molecular weight is 408 g/mol. The van der Waals surface area contributed by atoms with Crippen LogP contribution in [0.2, 0.25) is 0 Å². The molecule has 1 aromatic heterocycles. The molecule has 30 heavy (non-hydrogen) atoms.